The first kappa shape index (κ1) is 16.6. The van der Waals surface area contributed by atoms with Crippen molar-refractivity contribution >= 4 is 26.9 Å². The van der Waals surface area contributed by atoms with Gasteiger partial charge in [0.05, 0.1) is 15.9 Å². The lowest BCUT2D eigenvalue weighted by Crippen LogP contribution is -2.08. The van der Waals surface area contributed by atoms with Crippen LogP contribution in [-0.2, 0) is 12.8 Å². The van der Waals surface area contributed by atoms with Crippen LogP contribution in [-0.4, -0.2) is 4.57 Å². The fourth-order valence-electron chi connectivity index (χ4n) is 4.07. The van der Waals surface area contributed by atoms with Gasteiger partial charge in [0.25, 0.3) is 0 Å². The summed E-state index contributed by atoms with van der Waals surface area (Å²) in [5.74, 6) is 0. The molecule has 1 aliphatic rings. The molecule has 134 valence electrons. The van der Waals surface area contributed by atoms with Crippen molar-refractivity contribution in [2.75, 3.05) is 0 Å². The van der Waals surface area contributed by atoms with E-state index in [4.69, 9.17) is 4.42 Å². The topological polar surface area (TPSA) is 35.1 Å². The lowest BCUT2D eigenvalue weighted by atomic mass is 9.98. The van der Waals surface area contributed by atoms with Crippen LogP contribution in [0.3, 0.4) is 0 Å². The number of fused-ring (bicyclic) bond motifs is 2. The summed E-state index contributed by atoms with van der Waals surface area (Å²) in [6, 6.07) is 20.1. The highest BCUT2D eigenvalue weighted by molar-refractivity contribution is 9.10. The van der Waals surface area contributed by atoms with Crippen LogP contribution in [0.2, 0.25) is 0 Å². The summed E-state index contributed by atoms with van der Waals surface area (Å²) in [6.45, 7) is 0. The summed E-state index contributed by atoms with van der Waals surface area (Å²) >= 11 is 3.78. The number of aromatic nitrogens is 1. The van der Waals surface area contributed by atoms with E-state index >= 15 is 0 Å². The molecule has 0 unspecified atom stereocenters. The highest BCUT2D eigenvalue weighted by Crippen LogP contribution is 2.38. The Kier molecular flexibility index (Phi) is 4.01. The minimum atomic E-state index is -0.328. The van der Waals surface area contributed by atoms with Crippen LogP contribution >= 0.6 is 15.9 Å². The SMILES string of the molecule is O=c1ccc2c(Br)c(-n3c(-c4ccccc4)cc4c3CCCC4)ccc2o1. The number of rotatable bonds is 2. The van der Waals surface area contributed by atoms with Gasteiger partial charge in [-0.1, -0.05) is 30.3 Å². The monoisotopic (exact) mass is 419 g/mol. The van der Waals surface area contributed by atoms with E-state index in [0.717, 1.165) is 28.4 Å². The molecule has 0 spiro atoms. The number of hydrogen-bond acceptors (Lipinski definition) is 2. The second kappa shape index (κ2) is 6.54. The minimum Gasteiger partial charge on any atom is -0.423 e. The van der Waals surface area contributed by atoms with Gasteiger partial charge in [-0.3, -0.25) is 0 Å². The number of halogens is 1. The Bertz CT molecular complexity index is 1200. The van der Waals surface area contributed by atoms with Gasteiger partial charge in [-0.2, -0.15) is 0 Å². The first-order chi connectivity index (χ1) is 13.2. The zero-order valence-corrected chi connectivity index (χ0v) is 16.3. The Morgan fingerprint density at radius 1 is 0.926 bits per heavy atom. The molecule has 0 aliphatic heterocycles. The van der Waals surface area contributed by atoms with Crippen molar-refractivity contribution in [2.45, 2.75) is 25.7 Å². The van der Waals surface area contributed by atoms with Crippen molar-refractivity contribution in [3.63, 3.8) is 0 Å². The molecule has 2 heterocycles. The van der Waals surface area contributed by atoms with Gasteiger partial charge >= 0.3 is 5.63 Å². The zero-order chi connectivity index (χ0) is 18.4. The molecule has 0 fully saturated rings. The van der Waals surface area contributed by atoms with Crippen molar-refractivity contribution in [1.29, 1.82) is 0 Å². The number of benzene rings is 2. The average molecular weight is 420 g/mol. The van der Waals surface area contributed by atoms with E-state index in [1.54, 1.807) is 0 Å². The molecule has 0 radical (unpaired) electrons. The van der Waals surface area contributed by atoms with Crippen LogP contribution in [0.25, 0.3) is 27.9 Å². The smallest absolute Gasteiger partial charge is 0.336 e. The maximum absolute atomic E-state index is 11.6. The van der Waals surface area contributed by atoms with Crippen molar-refractivity contribution in [2.24, 2.45) is 0 Å². The van der Waals surface area contributed by atoms with Crippen molar-refractivity contribution in [3.8, 4) is 16.9 Å². The van der Waals surface area contributed by atoms with Gasteiger partial charge in [-0.05, 0) is 77.0 Å². The second-order valence-electron chi connectivity index (χ2n) is 6.97. The normalized spacial score (nSPS) is 13.7. The largest absolute Gasteiger partial charge is 0.423 e. The van der Waals surface area contributed by atoms with E-state index in [1.807, 2.05) is 24.3 Å². The summed E-state index contributed by atoms with van der Waals surface area (Å²) in [5, 5.41) is 0.907. The molecule has 2 aromatic heterocycles. The predicted molar refractivity (Wildman–Crippen MR) is 112 cm³/mol. The molecule has 27 heavy (non-hydrogen) atoms. The maximum atomic E-state index is 11.6. The van der Waals surface area contributed by atoms with Gasteiger partial charge < -0.3 is 8.98 Å². The summed E-state index contributed by atoms with van der Waals surface area (Å²) in [4.78, 5) is 11.6. The fourth-order valence-corrected chi connectivity index (χ4v) is 4.71. The zero-order valence-electron chi connectivity index (χ0n) is 14.7. The number of nitrogens with zero attached hydrogens (tertiary/aromatic N) is 1. The van der Waals surface area contributed by atoms with Crippen LogP contribution < -0.4 is 5.63 Å². The van der Waals surface area contributed by atoms with E-state index in [1.165, 1.54) is 41.4 Å². The molecule has 4 heteroatoms. The van der Waals surface area contributed by atoms with E-state index in [9.17, 15) is 4.79 Å². The summed E-state index contributed by atoms with van der Waals surface area (Å²) in [7, 11) is 0. The van der Waals surface area contributed by atoms with Gasteiger partial charge in [0.2, 0.25) is 0 Å². The van der Waals surface area contributed by atoms with Crippen LogP contribution in [0.1, 0.15) is 24.1 Å². The molecule has 0 saturated heterocycles. The lowest BCUT2D eigenvalue weighted by molar-refractivity contribution is 0.561. The number of aryl methyl sites for hydroxylation is 1. The Labute approximate surface area is 165 Å². The predicted octanol–water partition coefficient (Wildman–Crippen LogP) is 5.89. The van der Waals surface area contributed by atoms with Crippen molar-refractivity contribution < 1.29 is 4.42 Å². The second-order valence-corrected chi connectivity index (χ2v) is 7.77. The maximum Gasteiger partial charge on any atom is 0.336 e. The highest BCUT2D eigenvalue weighted by Gasteiger charge is 2.22. The molecule has 2 aromatic carbocycles. The third-order valence-electron chi connectivity index (χ3n) is 5.33. The third kappa shape index (κ3) is 2.76. The third-order valence-corrected chi connectivity index (χ3v) is 6.16. The first-order valence-corrected chi connectivity index (χ1v) is 10.0. The van der Waals surface area contributed by atoms with Gasteiger partial charge in [-0.15, -0.1) is 0 Å². The molecule has 5 rings (SSSR count). The van der Waals surface area contributed by atoms with Crippen LogP contribution in [0.4, 0.5) is 0 Å². The molecular weight excluding hydrogens is 402 g/mol. The van der Waals surface area contributed by atoms with Gasteiger partial charge in [0, 0.05) is 17.1 Å². The van der Waals surface area contributed by atoms with Crippen molar-refractivity contribution in [1.82, 2.24) is 4.57 Å². The molecule has 0 bridgehead atoms. The molecule has 0 amide bonds. The van der Waals surface area contributed by atoms with Crippen LogP contribution in [0, 0.1) is 0 Å². The van der Waals surface area contributed by atoms with E-state index in [-0.39, 0.29) is 5.63 Å². The summed E-state index contributed by atoms with van der Waals surface area (Å²) in [5.41, 5.74) is 6.59. The van der Waals surface area contributed by atoms with Gasteiger partial charge in [-0.25, -0.2) is 4.79 Å². The van der Waals surface area contributed by atoms with Gasteiger partial charge in [0.1, 0.15) is 5.58 Å². The van der Waals surface area contributed by atoms with Crippen LogP contribution in [0.5, 0.6) is 0 Å². The lowest BCUT2D eigenvalue weighted by Gasteiger charge is -2.19. The molecule has 0 atom stereocenters. The first-order valence-electron chi connectivity index (χ1n) is 9.24. The Balaban J connectivity index is 1.81. The molecule has 0 N–H and O–H groups in total. The minimum absolute atomic E-state index is 0.328. The summed E-state index contributed by atoms with van der Waals surface area (Å²) in [6.07, 6.45) is 4.67. The van der Waals surface area contributed by atoms with E-state index in [2.05, 4.69) is 50.8 Å². The van der Waals surface area contributed by atoms with E-state index < -0.39 is 0 Å². The van der Waals surface area contributed by atoms with E-state index in [0.29, 0.717) is 5.58 Å². The fraction of sp³-hybridized carbons (Fsp3) is 0.174. The Morgan fingerprint density at radius 3 is 2.59 bits per heavy atom. The molecule has 3 nitrogen and oxygen atoms in total. The standard InChI is InChI=1S/C23H18BrNO2/c24-23-17-10-13-22(26)27-21(17)12-11-19(23)25-18-9-5-4-8-16(18)14-20(25)15-6-2-1-3-7-15/h1-3,6-7,10-14H,4-5,8-9H2. The quantitative estimate of drug-likeness (QED) is 0.379. The Morgan fingerprint density at radius 2 is 1.74 bits per heavy atom. The van der Waals surface area contributed by atoms with Crippen LogP contribution in [0.15, 0.2) is 74.3 Å². The highest BCUT2D eigenvalue weighted by atomic mass is 79.9. The average Bonchev–Trinajstić information content (AvgIpc) is 3.08. The van der Waals surface area contributed by atoms with Crippen molar-refractivity contribution in [3.05, 3.63) is 86.8 Å². The molecular formula is C23H18BrNO2. The summed E-state index contributed by atoms with van der Waals surface area (Å²) < 4.78 is 8.67. The Hall–Kier alpha value is -2.59. The molecule has 1 aliphatic carbocycles. The number of hydrogen-bond donors (Lipinski definition) is 0. The van der Waals surface area contributed by atoms with Gasteiger partial charge in [0.15, 0.2) is 0 Å². The molecule has 0 saturated carbocycles. The molecule has 4 aromatic rings.